The quantitative estimate of drug-likeness (QED) is 0.585. The van der Waals surface area contributed by atoms with Gasteiger partial charge in [-0.3, -0.25) is 0 Å². The zero-order chi connectivity index (χ0) is 8.27. The lowest BCUT2D eigenvalue weighted by Crippen LogP contribution is -2.36. The molecule has 1 heterocycles. The maximum absolute atomic E-state index is 11.0. The van der Waals surface area contributed by atoms with Crippen LogP contribution < -0.4 is 5.32 Å². The number of nitrogens with zero attached hydrogens (tertiary/aromatic N) is 1. The molecular weight excluding hydrogens is 144 g/mol. The zero-order valence-electron chi connectivity index (χ0n) is 6.96. The summed E-state index contributed by atoms with van der Waals surface area (Å²) in [6.45, 7) is 1.52. The van der Waals surface area contributed by atoms with Crippen molar-refractivity contribution in [3.63, 3.8) is 0 Å². The van der Waals surface area contributed by atoms with Crippen LogP contribution >= 0.6 is 0 Å². The van der Waals surface area contributed by atoms with Crippen molar-refractivity contribution in [3.8, 4) is 0 Å². The molecule has 0 saturated carbocycles. The van der Waals surface area contributed by atoms with Gasteiger partial charge in [-0.05, 0) is 6.42 Å². The Balaban J connectivity index is 2.35. The summed E-state index contributed by atoms with van der Waals surface area (Å²) in [5.41, 5.74) is 0. The van der Waals surface area contributed by atoms with E-state index in [-0.39, 0.29) is 12.1 Å². The van der Waals surface area contributed by atoms with Gasteiger partial charge in [-0.25, -0.2) is 4.79 Å². The minimum atomic E-state index is -0.00968. The van der Waals surface area contributed by atoms with Gasteiger partial charge in [0.15, 0.2) is 0 Å². The number of hydrogen-bond acceptors (Lipinski definition) is 2. The lowest BCUT2D eigenvalue weighted by Gasteiger charge is -2.14. The molecule has 1 rings (SSSR count). The minimum absolute atomic E-state index is 0.00968. The molecule has 1 fully saturated rings. The summed E-state index contributed by atoms with van der Waals surface area (Å²) in [6, 6.07) is -0.00968. The Morgan fingerprint density at radius 3 is 2.91 bits per heavy atom. The van der Waals surface area contributed by atoms with Crippen LogP contribution in [-0.4, -0.2) is 44.3 Å². The molecular formula is C7H14N2O2. The van der Waals surface area contributed by atoms with Crippen molar-refractivity contribution in [2.45, 2.75) is 12.5 Å². The van der Waals surface area contributed by atoms with Gasteiger partial charge >= 0.3 is 6.03 Å². The van der Waals surface area contributed by atoms with Gasteiger partial charge in [0.1, 0.15) is 0 Å². The molecule has 1 N–H and O–H groups in total. The van der Waals surface area contributed by atoms with Crippen LogP contribution in [0, 0.1) is 0 Å². The predicted octanol–water partition coefficient (Wildman–Crippen LogP) is 0.0465. The maximum Gasteiger partial charge on any atom is 0.317 e. The van der Waals surface area contributed by atoms with Crippen LogP contribution in [0.4, 0.5) is 4.79 Å². The van der Waals surface area contributed by atoms with Crippen molar-refractivity contribution < 1.29 is 9.53 Å². The fourth-order valence-corrected chi connectivity index (χ4v) is 1.26. The van der Waals surface area contributed by atoms with Crippen molar-refractivity contribution in [2.75, 3.05) is 27.2 Å². The molecule has 0 radical (unpaired) electrons. The van der Waals surface area contributed by atoms with E-state index in [1.165, 1.54) is 0 Å². The normalized spacial score (nSPS) is 23.8. The number of carbonyl (C=O) groups excluding carboxylic acids is 1. The van der Waals surface area contributed by atoms with Gasteiger partial charge in [0.2, 0.25) is 0 Å². The summed E-state index contributed by atoms with van der Waals surface area (Å²) in [4.78, 5) is 12.8. The molecule has 2 amide bonds. The molecule has 4 nitrogen and oxygen atoms in total. The summed E-state index contributed by atoms with van der Waals surface area (Å²) in [5.74, 6) is 0. The van der Waals surface area contributed by atoms with E-state index in [1.807, 2.05) is 0 Å². The smallest absolute Gasteiger partial charge is 0.317 e. The standard InChI is InChI=1S/C7H14N2O2/c1-8-7(10)9-4-3-6(5-9)11-2/h6H,3-5H2,1-2H3,(H,8,10)/t6-/m1/s1. The number of ether oxygens (including phenoxy) is 1. The molecule has 0 spiro atoms. The Bertz CT molecular complexity index is 149. The second-order valence-corrected chi connectivity index (χ2v) is 2.65. The molecule has 0 aromatic rings. The lowest BCUT2D eigenvalue weighted by molar-refractivity contribution is 0.110. The second-order valence-electron chi connectivity index (χ2n) is 2.65. The van der Waals surface area contributed by atoms with Crippen LogP contribution in [0.25, 0.3) is 0 Å². The molecule has 1 saturated heterocycles. The van der Waals surface area contributed by atoms with Gasteiger partial charge in [0.25, 0.3) is 0 Å². The van der Waals surface area contributed by atoms with E-state index in [1.54, 1.807) is 19.1 Å². The average molecular weight is 158 g/mol. The average Bonchev–Trinajstić information content (AvgIpc) is 2.50. The SMILES string of the molecule is CNC(=O)N1CC[C@@H](OC)C1. The van der Waals surface area contributed by atoms with Gasteiger partial charge in [-0.15, -0.1) is 0 Å². The first kappa shape index (κ1) is 8.33. The number of rotatable bonds is 1. The molecule has 0 aromatic carbocycles. The zero-order valence-corrected chi connectivity index (χ0v) is 6.96. The van der Waals surface area contributed by atoms with Crippen molar-refractivity contribution >= 4 is 6.03 Å². The first-order valence-electron chi connectivity index (χ1n) is 3.77. The molecule has 1 aliphatic rings. The Kier molecular flexibility index (Phi) is 2.70. The summed E-state index contributed by atoms with van der Waals surface area (Å²) in [6.07, 6.45) is 1.18. The second kappa shape index (κ2) is 3.57. The predicted molar refractivity (Wildman–Crippen MR) is 41.4 cm³/mol. The van der Waals surface area contributed by atoms with Gasteiger partial charge in [-0.2, -0.15) is 0 Å². The number of urea groups is 1. The lowest BCUT2D eigenvalue weighted by atomic mass is 10.3. The van der Waals surface area contributed by atoms with Crippen LogP contribution in [0.2, 0.25) is 0 Å². The van der Waals surface area contributed by atoms with Gasteiger partial charge in [0, 0.05) is 27.2 Å². The third-order valence-electron chi connectivity index (χ3n) is 1.98. The van der Waals surface area contributed by atoms with Gasteiger partial charge in [-0.1, -0.05) is 0 Å². The highest BCUT2D eigenvalue weighted by Crippen LogP contribution is 2.10. The molecule has 11 heavy (non-hydrogen) atoms. The highest BCUT2D eigenvalue weighted by atomic mass is 16.5. The summed E-state index contributed by atoms with van der Waals surface area (Å²) >= 11 is 0. The largest absolute Gasteiger partial charge is 0.380 e. The van der Waals surface area contributed by atoms with Crippen molar-refractivity contribution in [1.82, 2.24) is 10.2 Å². The number of methoxy groups -OCH3 is 1. The summed E-state index contributed by atoms with van der Waals surface area (Å²) in [5, 5.41) is 2.58. The fraction of sp³-hybridized carbons (Fsp3) is 0.857. The number of carbonyl (C=O) groups is 1. The van der Waals surface area contributed by atoms with Crippen LogP contribution in [0.5, 0.6) is 0 Å². The van der Waals surface area contributed by atoms with Crippen LogP contribution in [0.1, 0.15) is 6.42 Å². The first-order valence-corrected chi connectivity index (χ1v) is 3.77. The highest BCUT2D eigenvalue weighted by Gasteiger charge is 2.24. The van der Waals surface area contributed by atoms with Crippen LogP contribution in [0.3, 0.4) is 0 Å². The van der Waals surface area contributed by atoms with Crippen molar-refractivity contribution in [2.24, 2.45) is 0 Å². The monoisotopic (exact) mass is 158 g/mol. The number of nitrogens with one attached hydrogen (secondary N) is 1. The maximum atomic E-state index is 11.0. The minimum Gasteiger partial charge on any atom is -0.380 e. The van der Waals surface area contributed by atoms with Crippen LogP contribution in [-0.2, 0) is 4.74 Å². The topological polar surface area (TPSA) is 41.6 Å². The van der Waals surface area contributed by atoms with E-state index in [2.05, 4.69) is 5.32 Å². The summed E-state index contributed by atoms with van der Waals surface area (Å²) < 4.78 is 5.11. The Morgan fingerprint density at radius 2 is 2.45 bits per heavy atom. The molecule has 1 atom stereocenters. The van der Waals surface area contributed by atoms with E-state index in [9.17, 15) is 4.79 Å². The van der Waals surface area contributed by atoms with E-state index in [0.717, 1.165) is 19.5 Å². The van der Waals surface area contributed by atoms with E-state index < -0.39 is 0 Å². The molecule has 64 valence electrons. The number of likely N-dealkylation sites (tertiary alicyclic amines) is 1. The van der Waals surface area contributed by atoms with Gasteiger partial charge < -0.3 is 15.0 Å². The van der Waals surface area contributed by atoms with Crippen molar-refractivity contribution in [3.05, 3.63) is 0 Å². The molecule has 0 aromatic heterocycles. The fourth-order valence-electron chi connectivity index (χ4n) is 1.26. The first-order chi connectivity index (χ1) is 5.27. The van der Waals surface area contributed by atoms with Gasteiger partial charge in [0.05, 0.1) is 6.10 Å². The van der Waals surface area contributed by atoms with Crippen molar-refractivity contribution in [1.29, 1.82) is 0 Å². The number of hydrogen-bond donors (Lipinski definition) is 1. The third kappa shape index (κ3) is 1.83. The molecule has 4 heteroatoms. The highest BCUT2D eigenvalue weighted by molar-refractivity contribution is 5.74. The van der Waals surface area contributed by atoms with E-state index in [4.69, 9.17) is 4.74 Å². The Labute approximate surface area is 66.5 Å². The molecule has 0 bridgehead atoms. The molecule has 0 aliphatic carbocycles. The Hall–Kier alpha value is -0.770. The number of amides is 2. The Morgan fingerprint density at radius 1 is 1.73 bits per heavy atom. The van der Waals surface area contributed by atoms with E-state index >= 15 is 0 Å². The molecule has 1 aliphatic heterocycles. The van der Waals surface area contributed by atoms with Crippen LogP contribution in [0.15, 0.2) is 0 Å². The third-order valence-corrected chi connectivity index (χ3v) is 1.98. The van der Waals surface area contributed by atoms with E-state index in [0.29, 0.717) is 0 Å². The molecule has 0 unspecified atom stereocenters. The summed E-state index contributed by atoms with van der Waals surface area (Å²) in [7, 11) is 3.32.